The van der Waals surface area contributed by atoms with Crippen molar-refractivity contribution in [2.45, 2.75) is 33.3 Å². The van der Waals surface area contributed by atoms with Gasteiger partial charge in [-0.2, -0.15) is 0 Å². The standard InChI is InChI=1S/C12H18O3/c1-4-14-12(9(2)3)11(13)8-10-6-5-7-15-10/h5-7,9,12H,4,8H2,1-3H3. The summed E-state index contributed by atoms with van der Waals surface area (Å²) in [7, 11) is 0. The first kappa shape index (κ1) is 12.0. The molecule has 84 valence electrons. The van der Waals surface area contributed by atoms with Gasteiger partial charge in [0.2, 0.25) is 0 Å². The molecule has 0 spiro atoms. The van der Waals surface area contributed by atoms with Gasteiger partial charge in [-0.05, 0) is 25.0 Å². The van der Waals surface area contributed by atoms with Gasteiger partial charge in [0, 0.05) is 6.61 Å². The van der Waals surface area contributed by atoms with Gasteiger partial charge in [0.05, 0.1) is 12.7 Å². The molecule has 1 heterocycles. The molecule has 1 atom stereocenters. The van der Waals surface area contributed by atoms with Gasteiger partial charge in [-0.15, -0.1) is 0 Å². The molecule has 0 aliphatic rings. The fourth-order valence-electron chi connectivity index (χ4n) is 1.52. The molecule has 0 saturated heterocycles. The number of ketones is 1. The van der Waals surface area contributed by atoms with Crippen LogP contribution in [0.1, 0.15) is 26.5 Å². The fraction of sp³-hybridized carbons (Fsp3) is 0.583. The molecule has 1 unspecified atom stereocenters. The molecule has 0 N–H and O–H groups in total. The Kier molecular flexibility index (Phi) is 4.56. The third-order valence-electron chi connectivity index (χ3n) is 2.20. The Morgan fingerprint density at radius 2 is 2.27 bits per heavy atom. The zero-order chi connectivity index (χ0) is 11.3. The summed E-state index contributed by atoms with van der Waals surface area (Å²) in [5.41, 5.74) is 0. The van der Waals surface area contributed by atoms with Crippen molar-refractivity contribution in [3.8, 4) is 0 Å². The van der Waals surface area contributed by atoms with E-state index in [1.165, 1.54) is 0 Å². The number of Topliss-reactive ketones (excluding diaryl/α,β-unsaturated/α-hetero) is 1. The van der Waals surface area contributed by atoms with Crippen molar-refractivity contribution in [2.75, 3.05) is 6.61 Å². The van der Waals surface area contributed by atoms with Crippen molar-refractivity contribution in [1.29, 1.82) is 0 Å². The Labute approximate surface area is 90.4 Å². The van der Waals surface area contributed by atoms with Crippen LogP contribution in [0.3, 0.4) is 0 Å². The van der Waals surface area contributed by atoms with Crippen LogP contribution in [-0.2, 0) is 16.0 Å². The zero-order valence-electron chi connectivity index (χ0n) is 9.53. The molecule has 15 heavy (non-hydrogen) atoms. The number of hydrogen-bond acceptors (Lipinski definition) is 3. The second-order valence-electron chi connectivity index (χ2n) is 3.84. The third-order valence-corrected chi connectivity index (χ3v) is 2.20. The maximum atomic E-state index is 11.9. The number of hydrogen-bond donors (Lipinski definition) is 0. The Morgan fingerprint density at radius 3 is 2.73 bits per heavy atom. The van der Waals surface area contributed by atoms with Gasteiger partial charge in [0.25, 0.3) is 0 Å². The summed E-state index contributed by atoms with van der Waals surface area (Å²) in [6, 6.07) is 3.59. The highest BCUT2D eigenvalue weighted by Gasteiger charge is 2.22. The van der Waals surface area contributed by atoms with E-state index in [0.29, 0.717) is 18.8 Å². The van der Waals surface area contributed by atoms with Crippen molar-refractivity contribution >= 4 is 5.78 Å². The quantitative estimate of drug-likeness (QED) is 0.724. The first-order valence-corrected chi connectivity index (χ1v) is 5.31. The van der Waals surface area contributed by atoms with Crippen molar-refractivity contribution in [1.82, 2.24) is 0 Å². The summed E-state index contributed by atoms with van der Waals surface area (Å²) in [5, 5.41) is 0. The van der Waals surface area contributed by atoms with Crippen LogP contribution in [0.4, 0.5) is 0 Å². The molecule has 0 radical (unpaired) electrons. The highest BCUT2D eigenvalue weighted by molar-refractivity contribution is 5.85. The summed E-state index contributed by atoms with van der Waals surface area (Å²) >= 11 is 0. The molecule has 1 aromatic rings. The van der Waals surface area contributed by atoms with Gasteiger partial charge >= 0.3 is 0 Å². The second kappa shape index (κ2) is 5.71. The van der Waals surface area contributed by atoms with Crippen LogP contribution >= 0.6 is 0 Å². The molecule has 1 rings (SSSR count). The lowest BCUT2D eigenvalue weighted by Gasteiger charge is -2.18. The SMILES string of the molecule is CCOC(C(=O)Cc1ccco1)C(C)C. The lowest BCUT2D eigenvalue weighted by atomic mass is 10.00. The van der Waals surface area contributed by atoms with Gasteiger partial charge in [-0.1, -0.05) is 13.8 Å². The van der Waals surface area contributed by atoms with Gasteiger partial charge < -0.3 is 9.15 Å². The van der Waals surface area contributed by atoms with Crippen molar-refractivity contribution in [2.24, 2.45) is 5.92 Å². The summed E-state index contributed by atoms with van der Waals surface area (Å²) in [6.45, 7) is 6.43. The average molecular weight is 210 g/mol. The zero-order valence-corrected chi connectivity index (χ0v) is 9.53. The van der Waals surface area contributed by atoms with Crippen LogP contribution in [0.15, 0.2) is 22.8 Å². The largest absolute Gasteiger partial charge is 0.469 e. The van der Waals surface area contributed by atoms with Crippen LogP contribution < -0.4 is 0 Å². The van der Waals surface area contributed by atoms with Gasteiger partial charge in [0.15, 0.2) is 5.78 Å². The average Bonchev–Trinajstić information content (AvgIpc) is 2.65. The van der Waals surface area contributed by atoms with Crippen LogP contribution in [0.5, 0.6) is 0 Å². The highest BCUT2D eigenvalue weighted by atomic mass is 16.5. The molecule has 0 bridgehead atoms. The monoisotopic (exact) mass is 210 g/mol. The Balaban J connectivity index is 2.56. The first-order chi connectivity index (χ1) is 7.15. The maximum absolute atomic E-state index is 11.9. The third kappa shape index (κ3) is 3.51. The van der Waals surface area contributed by atoms with E-state index in [2.05, 4.69) is 0 Å². The minimum atomic E-state index is -0.319. The number of ether oxygens (including phenoxy) is 1. The topological polar surface area (TPSA) is 39.4 Å². The summed E-state index contributed by atoms with van der Waals surface area (Å²) in [6.07, 6.45) is 1.57. The molecule has 0 amide bonds. The first-order valence-electron chi connectivity index (χ1n) is 5.31. The van der Waals surface area contributed by atoms with E-state index in [4.69, 9.17) is 9.15 Å². The number of carbonyl (C=O) groups excluding carboxylic acids is 1. The fourth-order valence-corrected chi connectivity index (χ4v) is 1.52. The van der Waals surface area contributed by atoms with E-state index in [1.807, 2.05) is 20.8 Å². The summed E-state index contributed by atoms with van der Waals surface area (Å²) in [5.74, 6) is 0.986. The molecule has 0 aliphatic carbocycles. The van der Waals surface area contributed by atoms with Crippen molar-refractivity contribution in [3.63, 3.8) is 0 Å². The van der Waals surface area contributed by atoms with E-state index in [0.717, 1.165) is 0 Å². The predicted octanol–water partition coefficient (Wildman–Crippen LogP) is 2.45. The van der Waals surface area contributed by atoms with Gasteiger partial charge in [-0.3, -0.25) is 4.79 Å². The minimum Gasteiger partial charge on any atom is -0.469 e. The van der Waals surface area contributed by atoms with Gasteiger partial charge in [-0.25, -0.2) is 0 Å². The van der Waals surface area contributed by atoms with E-state index in [-0.39, 0.29) is 17.8 Å². The van der Waals surface area contributed by atoms with Crippen LogP contribution in [0, 0.1) is 5.92 Å². The Morgan fingerprint density at radius 1 is 1.53 bits per heavy atom. The summed E-state index contributed by atoms with van der Waals surface area (Å²) in [4.78, 5) is 11.9. The smallest absolute Gasteiger partial charge is 0.169 e. The highest BCUT2D eigenvalue weighted by Crippen LogP contribution is 2.12. The summed E-state index contributed by atoms with van der Waals surface area (Å²) < 4.78 is 10.6. The second-order valence-corrected chi connectivity index (χ2v) is 3.84. The van der Waals surface area contributed by atoms with E-state index in [1.54, 1.807) is 18.4 Å². The lowest BCUT2D eigenvalue weighted by Crippen LogP contribution is -2.31. The van der Waals surface area contributed by atoms with E-state index in [9.17, 15) is 4.79 Å². The predicted molar refractivity (Wildman–Crippen MR) is 57.7 cm³/mol. The Bertz CT molecular complexity index is 288. The molecule has 0 fully saturated rings. The molecule has 0 saturated carbocycles. The molecular weight excluding hydrogens is 192 g/mol. The maximum Gasteiger partial charge on any atom is 0.169 e. The molecule has 1 aromatic heterocycles. The van der Waals surface area contributed by atoms with E-state index >= 15 is 0 Å². The van der Waals surface area contributed by atoms with Crippen LogP contribution in [-0.4, -0.2) is 18.5 Å². The van der Waals surface area contributed by atoms with Crippen molar-refractivity contribution in [3.05, 3.63) is 24.2 Å². The number of rotatable bonds is 6. The van der Waals surface area contributed by atoms with Crippen LogP contribution in [0.25, 0.3) is 0 Å². The molecule has 3 nitrogen and oxygen atoms in total. The molecule has 0 aromatic carbocycles. The molecule has 0 aliphatic heterocycles. The molecule has 3 heteroatoms. The van der Waals surface area contributed by atoms with Gasteiger partial charge in [0.1, 0.15) is 11.9 Å². The normalized spacial score (nSPS) is 13.1. The van der Waals surface area contributed by atoms with E-state index < -0.39 is 0 Å². The van der Waals surface area contributed by atoms with Crippen molar-refractivity contribution < 1.29 is 13.9 Å². The minimum absolute atomic E-state index is 0.0850. The molecular formula is C12H18O3. The number of furan rings is 1. The lowest BCUT2D eigenvalue weighted by molar-refractivity contribution is -0.132. The Hall–Kier alpha value is -1.09. The number of carbonyl (C=O) groups is 1. The van der Waals surface area contributed by atoms with Crippen LogP contribution in [0.2, 0.25) is 0 Å².